The van der Waals surface area contributed by atoms with Gasteiger partial charge in [0.1, 0.15) is 0 Å². The molecule has 0 aromatic heterocycles. The summed E-state index contributed by atoms with van der Waals surface area (Å²) < 4.78 is 16.2. The monoisotopic (exact) mass is 354 g/mol. The van der Waals surface area contributed by atoms with Crippen LogP contribution in [0.4, 0.5) is 0 Å². The molecule has 1 aliphatic heterocycles. The van der Waals surface area contributed by atoms with Gasteiger partial charge in [0.25, 0.3) is 0 Å². The fourth-order valence-electron chi connectivity index (χ4n) is 2.70. The maximum atomic E-state index is 13.0. The van der Waals surface area contributed by atoms with E-state index in [-0.39, 0.29) is 12.4 Å². The van der Waals surface area contributed by atoms with Crippen LogP contribution in [0.15, 0.2) is 48.5 Å². The highest BCUT2D eigenvalue weighted by Crippen LogP contribution is 2.24. The van der Waals surface area contributed by atoms with Crippen molar-refractivity contribution in [1.82, 2.24) is 0 Å². The number of ketones is 1. The minimum Gasteiger partial charge on any atom is -0.447 e. The van der Waals surface area contributed by atoms with Gasteiger partial charge in [0, 0.05) is 11.1 Å². The molecule has 0 radical (unpaired) electrons. The first-order chi connectivity index (χ1) is 12.5. The Balaban J connectivity index is 1.85. The van der Waals surface area contributed by atoms with E-state index in [4.69, 9.17) is 14.2 Å². The van der Waals surface area contributed by atoms with Crippen molar-refractivity contribution in [1.29, 1.82) is 0 Å². The normalized spacial score (nSPS) is 18.2. The van der Waals surface area contributed by atoms with E-state index in [0.717, 1.165) is 11.1 Å². The maximum absolute atomic E-state index is 13.0. The number of esters is 1. The van der Waals surface area contributed by atoms with Gasteiger partial charge in [0.15, 0.2) is 12.2 Å². The molecule has 5 heteroatoms. The Morgan fingerprint density at radius 2 is 1.58 bits per heavy atom. The van der Waals surface area contributed by atoms with Crippen molar-refractivity contribution >= 4 is 11.8 Å². The maximum Gasteiger partial charge on any atom is 0.338 e. The fourth-order valence-corrected chi connectivity index (χ4v) is 2.70. The van der Waals surface area contributed by atoms with Crippen molar-refractivity contribution < 1.29 is 23.8 Å². The molecular formula is C21H22O5. The topological polar surface area (TPSA) is 61.8 Å². The highest BCUT2D eigenvalue weighted by atomic mass is 16.6. The van der Waals surface area contributed by atoms with Crippen LogP contribution in [0.3, 0.4) is 0 Å². The largest absolute Gasteiger partial charge is 0.447 e. The van der Waals surface area contributed by atoms with E-state index in [9.17, 15) is 9.59 Å². The minimum atomic E-state index is -1.02. The molecule has 1 saturated heterocycles. The second-order valence-corrected chi connectivity index (χ2v) is 6.39. The molecule has 2 aromatic carbocycles. The van der Waals surface area contributed by atoms with E-state index in [2.05, 4.69) is 0 Å². The molecule has 2 aromatic rings. The summed E-state index contributed by atoms with van der Waals surface area (Å²) in [5.41, 5.74) is 3.24. The average molecular weight is 354 g/mol. The molecule has 3 rings (SSSR count). The lowest BCUT2D eigenvalue weighted by Crippen LogP contribution is -2.38. The molecule has 1 heterocycles. The minimum absolute atomic E-state index is 0.137. The lowest BCUT2D eigenvalue weighted by molar-refractivity contribution is -0.174. The number of aryl methyl sites for hydroxylation is 2. The highest BCUT2D eigenvalue weighted by Gasteiger charge is 2.31. The Hall–Kier alpha value is -2.50. The molecule has 2 atom stereocenters. The molecule has 0 bridgehead atoms. The second kappa shape index (κ2) is 8.25. The van der Waals surface area contributed by atoms with Gasteiger partial charge in [-0.1, -0.05) is 59.7 Å². The van der Waals surface area contributed by atoms with Crippen molar-refractivity contribution in [3.8, 4) is 0 Å². The number of carbonyl (C=O) groups is 2. The van der Waals surface area contributed by atoms with Crippen molar-refractivity contribution in [2.75, 3.05) is 19.8 Å². The molecule has 136 valence electrons. The lowest BCUT2D eigenvalue weighted by Gasteiger charge is -2.24. The van der Waals surface area contributed by atoms with Crippen LogP contribution in [-0.4, -0.2) is 37.7 Å². The first-order valence-electron chi connectivity index (χ1n) is 8.62. The Labute approximate surface area is 152 Å². The van der Waals surface area contributed by atoms with Crippen LogP contribution >= 0.6 is 0 Å². The molecule has 0 N–H and O–H groups in total. The molecule has 0 spiro atoms. The fraction of sp³-hybridized carbons (Fsp3) is 0.333. The van der Waals surface area contributed by atoms with E-state index < -0.39 is 18.2 Å². The Bertz CT molecular complexity index is 758. The third kappa shape index (κ3) is 4.36. The van der Waals surface area contributed by atoms with Crippen LogP contribution in [0, 0.1) is 13.8 Å². The van der Waals surface area contributed by atoms with Crippen molar-refractivity contribution in [2.45, 2.75) is 26.1 Å². The zero-order valence-corrected chi connectivity index (χ0v) is 14.9. The van der Waals surface area contributed by atoms with Gasteiger partial charge in [-0.3, -0.25) is 4.79 Å². The van der Waals surface area contributed by atoms with Gasteiger partial charge >= 0.3 is 5.97 Å². The summed E-state index contributed by atoms with van der Waals surface area (Å²) in [5, 5.41) is 0. The summed E-state index contributed by atoms with van der Waals surface area (Å²) in [6.45, 7) is 4.83. The smallest absolute Gasteiger partial charge is 0.338 e. The van der Waals surface area contributed by atoms with Crippen molar-refractivity contribution in [3.63, 3.8) is 0 Å². The first-order valence-corrected chi connectivity index (χ1v) is 8.62. The van der Waals surface area contributed by atoms with Gasteiger partial charge in [-0.25, -0.2) is 4.79 Å². The molecule has 0 aliphatic carbocycles. The molecule has 0 saturated carbocycles. The Kier molecular flexibility index (Phi) is 5.81. The third-order valence-electron chi connectivity index (χ3n) is 4.27. The van der Waals surface area contributed by atoms with Gasteiger partial charge in [-0.15, -0.1) is 0 Å². The summed E-state index contributed by atoms with van der Waals surface area (Å²) in [5.74, 6) is -0.852. The van der Waals surface area contributed by atoms with Gasteiger partial charge < -0.3 is 14.2 Å². The first kappa shape index (κ1) is 18.3. The van der Waals surface area contributed by atoms with E-state index in [0.29, 0.717) is 24.3 Å². The predicted octanol–water partition coefficient (Wildman–Crippen LogP) is 3.19. The SMILES string of the molecule is Cc1ccc(C(=O)[C@@H](OC(=O)[C@H]2COCCO2)c2ccc(C)cc2)cc1. The number of Topliss-reactive ketones (excluding diaryl/α,β-unsaturated/α-hetero) is 1. The molecule has 5 nitrogen and oxygen atoms in total. The van der Waals surface area contributed by atoms with Gasteiger partial charge in [0.2, 0.25) is 5.78 Å². The number of ether oxygens (including phenoxy) is 3. The van der Waals surface area contributed by atoms with E-state index >= 15 is 0 Å². The van der Waals surface area contributed by atoms with E-state index in [1.165, 1.54) is 0 Å². The summed E-state index contributed by atoms with van der Waals surface area (Å²) in [7, 11) is 0. The number of rotatable bonds is 5. The van der Waals surface area contributed by atoms with Crippen LogP contribution in [0.1, 0.15) is 33.2 Å². The third-order valence-corrected chi connectivity index (χ3v) is 4.27. The van der Waals surface area contributed by atoms with Crippen LogP contribution in [0.2, 0.25) is 0 Å². The summed E-state index contributed by atoms with van der Waals surface area (Å²) in [6, 6.07) is 14.6. The summed E-state index contributed by atoms with van der Waals surface area (Å²) >= 11 is 0. The van der Waals surface area contributed by atoms with E-state index in [1.807, 2.05) is 38.1 Å². The van der Waals surface area contributed by atoms with Crippen LogP contribution in [0.5, 0.6) is 0 Å². The zero-order chi connectivity index (χ0) is 18.5. The predicted molar refractivity (Wildman–Crippen MR) is 96.1 cm³/mol. The Morgan fingerprint density at radius 1 is 0.962 bits per heavy atom. The Morgan fingerprint density at radius 3 is 2.15 bits per heavy atom. The zero-order valence-electron chi connectivity index (χ0n) is 14.9. The van der Waals surface area contributed by atoms with Gasteiger partial charge in [-0.05, 0) is 13.8 Å². The molecule has 0 unspecified atom stereocenters. The highest BCUT2D eigenvalue weighted by molar-refractivity contribution is 6.01. The average Bonchev–Trinajstić information content (AvgIpc) is 2.67. The van der Waals surface area contributed by atoms with Crippen LogP contribution < -0.4 is 0 Å². The standard InChI is InChI=1S/C21H22O5/c1-14-3-7-16(8-4-14)19(22)20(17-9-5-15(2)6-10-17)26-21(23)18-13-24-11-12-25-18/h3-10,18,20H,11-13H2,1-2H3/t18-,20+/m1/s1. The molecular weight excluding hydrogens is 332 g/mol. The summed E-state index contributed by atoms with van der Waals surface area (Å²) in [4.78, 5) is 25.5. The van der Waals surface area contributed by atoms with E-state index in [1.54, 1.807) is 24.3 Å². The molecule has 26 heavy (non-hydrogen) atoms. The van der Waals surface area contributed by atoms with Crippen molar-refractivity contribution in [3.05, 3.63) is 70.8 Å². The summed E-state index contributed by atoms with van der Waals surface area (Å²) in [6.07, 6.45) is -1.82. The molecule has 1 aliphatic rings. The number of carbonyl (C=O) groups excluding carboxylic acids is 2. The van der Waals surface area contributed by atoms with Crippen molar-refractivity contribution in [2.24, 2.45) is 0 Å². The van der Waals surface area contributed by atoms with Crippen LogP contribution in [0.25, 0.3) is 0 Å². The number of hydrogen-bond donors (Lipinski definition) is 0. The second-order valence-electron chi connectivity index (χ2n) is 6.39. The quantitative estimate of drug-likeness (QED) is 0.610. The molecule has 0 amide bonds. The van der Waals surface area contributed by atoms with Gasteiger partial charge in [0.05, 0.1) is 19.8 Å². The van der Waals surface area contributed by atoms with Crippen LogP contribution in [-0.2, 0) is 19.0 Å². The van der Waals surface area contributed by atoms with Gasteiger partial charge in [-0.2, -0.15) is 0 Å². The number of hydrogen-bond acceptors (Lipinski definition) is 5. The number of benzene rings is 2. The molecule has 1 fully saturated rings. The lowest BCUT2D eigenvalue weighted by atomic mass is 9.98.